The highest BCUT2D eigenvalue weighted by Gasteiger charge is 2.35. The van der Waals surface area contributed by atoms with Crippen molar-refractivity contribution < 1.29 is 13.2 Å². The van der Waals surface area contributed by atoms with Crippen LogP contribution >= 0.6 is 11.6 Å². The number of nitrogens with two attached hydrogens (primary N) is 1. The van der Waals surface area contributed by atoms with Gasteiger partial charge in [-0.1, -0.05) is 6.07 Å². The average Bonchev–Trinajstić information content (AvgIpc) is 2.79. The van der Waals surface area contributed by atoms with Crippen molar-refractivity contribution in [3.8, 4) is 11.3 Å². The summed E-state index contributed by atoms with van der Waals surface area (Å²) in [6, 6.07) is 4.87. The van der Waals surface area contributed by atoms with E-state index in [9.17, 15) is 13.2 Å². The lowest BCUT2D eigenvalue weighted by Gasteiger charge is -2.11. The summed E-state index contributed by atoms with van der Waals surface area (Å²) in [7, 11) is 0. The van der Waals surface area contributed by atoms with Crippen molar-refractivity contribution >= 4 is 28.2 Å². The summed E-state index contributed by atoms with van der Waals surface area (Å²) in [6.45, 7) is 0. The van der Waals surface area contributed by atoms with Crippen LogP contribution in [-0.2, 0) is 6.18 Å². The van der Waals surface area contributed by atoms with E-state index in [4.69, 9.17) is 17.3 Å². The van der Waals surface area contributed by atoms with E-state index in [0.717, 1.165) is 0 Å². The van der Waals surface area contributed by atoms with Crippen molar-refractivity contribution in [2.75, 3.05) is 5.73 Å². The average molecular weight is 313 g/mol. The molecular formula is C13H8ClF3N4. The van der Waals surface area contributed by atoms with Gasteiger partial charge in [0.25, 0.3) is 0 Å². The summed E-state index contributed by atoms with van der Waals surface area (Å²) in [6.07, 6.45) is -2.45. The van der Waals surface area contributed by atoms with Crippen LogP contribution in [-0.4, -0.2) is 15.0 Å². The van der Waals surface area contributed by atoms with Crippen LogP contribution in [0.4, 0.5) is 18.9 Å². The number of alkyl halides is 3. The van der Waals surface area contributed by atoms with Gasteiger partial charge in [0.1, 0.15) is 5.56 Å². The Hall–Kier alpha value is -2.28. The first-order chi connectivity index (χ1) is 9.86. The number of hydrogen-bond donors (Lipinski definition) is 2. The molecule has 0 unspecified atom stereocenters. The molecular weight excluding hydrogens is 305 g/mol. The SMILES string of the molecule is Nc1ccc2c(-c3nc(Cl)ncc3C(F)(F)F)c[nH]c2c1. The molecule has 0 saturated carbocycles. The molecule has 0 saturated heterocycles. The first kappa shape index (κ1) is 13.7. The molecule has 2 aromatic heterocycles. The lowest BCUT2D eigenvalue weighted by atomic mass is 10.1. The molecule has 0 spiro atoms. The van der Waals surface area contributed by atoms with Crippen LogP contribution < -0.4 is 5.73 Å². The number of rotatable bonds is 1. The van der Waals surface area contributed by atoms with Crippen LogP contribution in [0, 0.1) is 0 Å². The summed E-state index contributed by atoms with van der Waals surface area (Å²) in [5, 5.41) is 0.326. The Labute approximate surface area is 121 Å². The maximum atomic E-state index is 13.1. The van der Waals surface area contributed by atoms with Crippen molar-refractivity contribution in [1.29, 1.82) is 0 Å². The molecule has 1 aromatic carbocycles. The van der Waals surface area contributed by atoms with Gasteiger partial charge < -0.3 is 10.7 Å². The molecule has 0 aliphatic carbocycles. The van der Waals surface area contributed by atoms with Gasteiger partial charge in [-0.15, -0.1) is 0 Å². The third kappa shape index (κ3) is 2.40. The van der Waals surface area contributed by atoms with Gasteiger partial charge in [0, 0.05) is 34.5 Å². The Morgan fingerprint density at radius 1 is 1.24 bits per heavy atom. The first-order valence-electron chi connectivity index (χ1n) is 5.83. The second-order valence-electron chi connectivity index (χ2n) is 4.41. The number of benzene rings is 1. The third-order valence-corrected chi connectivity index (χ3v) is 3.21. The molecule has 3 N–H and O–H groups in total. The minimum Gasteiger partial charge on any atom is -0.399 e. The van der Waals surface area contributed by atoms with Crippen molar-refractivity contribution in [3.63, 3.8) is 0 Å². The maximum Gasteiger partial charge on any atom is 0.419 e. The molecule has 3 aromatic rings. The zero-order valence-corrected chi connectivity index (χ0v) is 11.1. The fourth-order valence-electron chi connectivity index (χ4n) is 2.11. The van der Waals surface area contributed by atoms with E-state index in [-0.39, 0.29) is 11.0 Å². The van der Waals surface area contributed by atoms with Gasteiger partial charge in [-0.25, -0.2) is 9.97 Å². The number of nitrogen functional groups attached to an aromatic ring is 1. The number of nitrogens with zero attached hydrogens (tertiary/aromatic N) is 2. The lowest BCUT2D eigenvalue weighted by molar-refractivity contribution is -0.137. The number of nitrogens with one attached hydrogen (secondary N) is 1. The maximum absolute atomic E-state index is 13.1. The molecule has 2 heterocycles. The number of fused-ring (bicyclic) bond motifs is 1. The Balaban J connectivity index is 2.30. The number of aromatic amines is 1. The van der Waals surface area contributed by atoms with E-state index in [1.54, 1.807) is 18.2 Å². The fraction of sp³-hybridized carbons (Fsp3) is 0.0769. The van der Waals surface area contributed by atoms with Gasteiger partial charge in [0.15, 0.2) is 0 Å². The molecule has 0 aliphatic heterocycles. The predicted octanol–water partition coefficient (Wildman–Crippen LogP) is 3.88. The van der Waals surface area contributed by atoms with Crippen LogP contribution in [0.3, 0.4) is 0 Å². The number of anilines is 1. The summed E-state index contributed by atoms with van der Waals surface area (Å²) >= 11 is 5.64. The van der Waals surface area contributed by atoms with Crippen molar-refractivity contribution in [3.05, 3.63) is 41.4 Å². The molecule has 0 bridgehead atoms. The molecule has 4 nitrogen and oxygen atoms in total. The summed E-state index contributed by atoms with van der Waals surface area (Å²) in [5.41, 5.74) is 5.86. The van der Waals surface area contributed by atoms with E-state index in [1.807, 2.05) is 0 Å². The highest BCUT2D eigenvalue weighted by molar-refractivity contribution is 6.28. The molecule has 0 fully saturated rings. The molecule has 0 aliphatic rings. The van der Waals surface area contributed by atoms with Gasteiger partial charge >= 0.3 is 6.18 Å². The summed E-state index contributed by atoms with van der Waals surface area (Å²) in [4.78, 5) is 10.0. The molecule has 8 heteroatoms. The van der Waals surface area contributed by atoms with E-state index >= 15 is 0 Å². The van der Waals surface area contributed by atoms with Crippen LogP contribution in [0.15, 0.2) is 30.6 Å². The second kappa shape index (κ2) is 4.63. The summed E-state index contributed by atoms with van der Waals surface area (Å²) in [5.74, 6) is 0. The zero-order valence-electron chi connectivity index (χ0n) is 10.4. The molecule has 0 atom stereocenters. The monoisotopic (exact) mass is 312 g/mol. The zero-order chi connectivity index (χ0) is 15.2. The number of H-pyrrole nitrogens is 1. The summed E-state index contributed by atoms with van der Waals surface area (Å²) < 4.78 is 39.2. The minimum absolute atomic E-state index is 0.247. The Bertz CT molecular complexity index is 826. The van der Waals surface area contributed by atoms with Crippen LogP contribution in [0.2, 0.25) is 5.28 Å². The number of halogens is 4. The third-order valence-electron chi connectivity index (χ3n) is 3.03. The Morgan fingerprint density at radius 2 is 2.00 bits per heavy atom. The van der Waals surface area contributed by atoms with Gasteiger partial charge in [0.2, 0.25) is 5.28 Å². The fourth-order valence-corrected chi connectivity index (χ4v) is 2.25. The number of aromatic nitrogens is 3. The molecule has 0 radical (unpaired) electrons. The molecule has 3 rings (SSSR count). The van der Waals surface area contributed by atoms with Crippen molar-refractivity contribution in [1.82, 2.24) is 15.0 Å². The van der Waals surface area contributed by atoms with Gasteiger partial charge in [-0.2, -0.15) is 13.2 Å². The molecule has 0 amide bonds. The van der Waals surface area contributed by atoms with E-state index < -0.39 is 11.7 Å². The predicted molar refractivity (Wildman–Crippen MR) is 73.7 cm³/mol. The normalized spacial score (nSPS) is 12.0. The highest BCUT2D eigenvalue weighted by Crippen LogP contribution is 2.38. The highest BCUT2D eigenvalue weighted by atomic mass is 35.5. The van der Waals surface area contributed by atoms with Crippen molar-refractivity contribution in [2.45, 2.75) is 6.18 Å². The first-order valence-corrected chi connectivity index (χ1v) is 6.21. The smallest absolute Gasteiger partial charge is 0.399 e. The van der Waals surface area contributed by atoms with Crippen LogP contribution in [0.25, 0.3) is 22.2 Å². The quantitative estimate of drug-likeness (QED) is 0.529. The van der Waals surface area contributed by atoms with Crippen LogP contribution in [0.5, 0.6) is 0 Å². The van der Waals surface area contributed by atoms with E-state index in [2.05, 4.69) is 15.0 Å². The second-order valence-corrected chi connectivity index (χ2v) is 4.74. The van der Waals surface area contributed by atoms with Crippen LogP contribution in [0.1, 0.15) is 5.56 Å². The van der Waals surface area contributed by atoms with Gasteiger partial charge in [0.05, 0.1) is 5.69 Å². The molecule has 108 valence electrons. The van der Waals surface area contributed by atoms with Gasteiger partial charge in [-0.3, -0.25) is 0 Å². The lowest BCUT2D eigenvalue weighted by Crippen LogP contribution is -2.09. The van der Waals surface area contributed by atoms with Gasteiger partial charge in [-0.05, 0) is 23.7 Å². The number of hydrogen-bond acceptors (Lipinski definition) is 3. The van der Waals surface area contributed by atoms with E-state index in [1.165, 1.54) is 6.20 Å². The standard InChI is InChI=1S/C13H8ClF3N4/c14-12-20-5-9(13(15,16)17)11(21-12)8-4-19-10-3-6(18)1-2-7(8)10/h1-5,19H,18H2. The van der Waals surface area contributed by atoms with E-state index in [0.29, 0.717) is 28.4 Å². The minimum atomic E-state index is -4.57. The topological polar surface area (TPSA) is 67.6 Å². The Kier molecular flexibility index (Phi) is 3.02. The van der Waals surface area contributed by atoms with Crippen molar-refractivity contribution in [2.24, 2.45) is 0 Å². The largest absolute Gasteiger partial charge is 0.419 e. The Morgan fingerprint density at radius 3 is 2.71 bits per heavy atom. The molecule has 21 heavy (non-hydrogen) atoms.